The van der Waals surface area contributed by atoms with E-state index in [-0.39, 0.29) is 11.5 Å². The number of anilines is 1. The van der Waals surface area contributed by atoms with Gasteiger partial charge >= 0.3 is 5.69 Å². The van der Waals surface area contributed by atoms with E-state index in [1.807, 2.05) is 52.8 Å². The topological polar surface area (TPSA) is 101 Å². The van der Waals surface area contributed by atoms with Gasteiger partial charge in [-0.25, -0.2) is 9.89 Å². The van der Waals surface area contributed by atoms with E-state index in [4.69, 9.17) is 9.47 Å². The molecular formula is C18H25N5O3. The molecule has 1 heterocycles. The minimum atomic E-state index is -0.535. The van der Waals surface area contributed by atoms with Crippen LogP contribution in [0.2, 0.25) is 0 Å². The number of hydrogen-bond donors (Lipinski definition) is 2. The lowest BCUT2D eigenvalue weighted by Crippen LogP contribution is -2.24. The average molecular weight is 359 g/mol. The predicted molar refractivity (Wildman–Crippen MR) is 101 cm³/mol. The van der Waals surface area contributed by atoms with E-state index >= 15 is 0 Å². The molecule has 26 heavy (non-hydrogen) atoms. The van der Waals surface area contributed by atoms with Gasteiger partial charge in [0.15, 0.2) is 17.3 Å². The SMILES string of the molecule is COc1cc(/C=N/Nc2nc(=O)[nH]nc2C(C)(C)C)ccc1OC(C)C. The Bertz CT molecular complexity index is 837. The van der Waals surface area contributed by atoms with Crippen LogP contribution in [0.1, 0.15) is 45.9 Å². The molecule has 0 bridgehead atoms. The number of benzene rings is 1. The second-order valence-electron chi connectivity index (χ2n) is 7.03. The van der Waals surface area contributed by atoms with E-state index in [9.17, 15) is 4.79 Å². The highest BCUT2D eigenvalue weighted by Crippen LogP contribution is 2.28. The smallest absolute Gasteiger partial charge is 0.363 e. The van der Waals surface area contributed by atoms with E-state index in [1.54, 1.807) is 13.3 Å². The van der Waals surface area contributed by atoms with Crippen LogP contribution in [0.5, 0.6) is 11.5 Å². The summed E-state index contributed by atoms with van der Waals surface area (Å²) in [6, 6.07) is 5.50. The molecule has 1 aromatic heterocycles. The fourth-order valence-electron chi connectivity index (χ4n) is 2.22. The molecule has 0 spiro atoms. The Hall–Kier alpha value is -2.90. The zero-order valence-corrected chi connectivity index (χ0v) is 16.0. The molecule has 0 aliphatic carbocycles. The summed E-state index contributed by atoms with van der Waals surface area (Å²) in [5, 5.41) is 10.6. The number of nitrogens with one attached hydrogen (secondary N) is 2. The Balaban J connectivity index is 2.21. The predicted octanol–water partition coefficient (Wildman–Crippen LogP) is 2.70. The summed E-state index contributed by atoms with van der Waals surface area (Å²) >= 11 is 0. The Kier molecular flexibility index (Phi) is 5.97. The first-order valence-corrected chi connectivity index (χ1v) is 8.31. The number of aromatic amines is 1. The van der Waals surface area contributed by atoms with Gasteiger partial charge in [0.2, 0.25) is 0 Å². The summed E-state index contributed by atoms with van der Waals surface area (Å²) in [6.07, 6.45) is 1.66. The summed E-state index contributed by atoms with van der Waals surface area (Å²) in [5.41, 5.74) is 3.39. The molecule has 2 N–H and O–H groups in total. The molecule has 1 aromatic carbocycles. The number of hydrogen-bond acceptors (Lipinski definition) is 7. The van der Waals surface area contributed by atoms with Crippen LogP contribution in [0.15, 0.2) is 28.1 Å². The monoisotopic (exact) mass is 359 g/mol. The van der Waals surface area contributed by atoms with Crippen molar-refractivity contribution in [3.63, 3.8) is 0 Å². The first kappa shape index (κ1) is 19.4. The van der Waals surface area contributed by atoms with Crippen molar-refractivity contribution in [1.29, 1.82) is 0 Å². The molecule has 0 atom stereocenters. The maximum Gasteiger partial charge on any atom is 0.363 e. The van der Waals surface area contributed by atoms with Gasteiger partial charge in [-0.15, -0.1) is 0 Å². The Morgan fingerprint density at radius 3 is 2.62 bits per heavy atom. The van der Waals surface area contributed by atoms with Gasteiger partial charge in [-0.2, -0.15) is 15.2 Å². The first-order chi connectivity index (χ1) is 12.2. The molecule has 8 nitrogen and oxygen atoms in total. The van der Waals surface area contributed by atoms with Crippen LogP contribution in [0.3, 0.4) is 0 Å². The van der Waals surface area contributed by atoms with Crippen LogP contribution in [0.25, 0.3) is 0 Å². The Morgan fingerprint density at radius 1 is 1.27 bits per heavy atom. The lowest BCUT2D eigenvalue weighted by atomic mass is 9.92. The summed E-state index contributed by atoms with van der Waals surface area (Å²) < 4.78 is 11.0. The molecule has 8 heteroatoms. The van der Waals surface area contributed by atoms with Crippen LogP contribution in [-0.2, 0) is 5.41 Å². The van der Waals surface area contributed by atoms with Crippen LogP contribution >= 0.6 is 0 Å². The van der Waals surface area contributed by atoms with Gasteiger partial charge in [-0.05, 0) is 37.6 Å². The molecule has 0 aliphatic rings. The highest BCUT2D eigenvalue weighted by atomic mass is 16.5. The highest BCUT2D eigenvalue weighted by Gasteiger charge is 2.21. The highest BCUT2D eigenvalue weighted by molar-refractivity contribution is 5.81. The second kappa shape index (κ2) is 7.99. The van der Waals surface area contributed by atoms with Gasteiger partial charge < -0.3 is 9.47 Å². The first-order valence-electron chi connectivity index (χ1n) is 8.31. The molecule has 0 fully saturated rings. The number of hydrazone groups is 1. The van der Waals surface area contributed by atoms with Gasteiger partial charge in [0.05, 0.1) is 19.4 Å². The number of aromatic nitrogens is 3. The zero-order valence-electron chi connectivity index (χ0n) is 16.0. The summed E-state index contributed by atoms with van der Waals surface area (Å²) in [6.45, 7) is 9.83. The molecule has 0 saturated carbocycles. The van der Waals surface area contributed by atoms with Crippen LogP contribution in [-0.4, -0.2) is 34.6 Å². The molecule has 140 valence electrons. The third-order valence-electron chi connectivity index (χ3n) is 3.35. The van der Waals surface area contributed by atoms with Crippen molar-refractivity contribution < 1.29 is 9.47 Å². The van der Waals surface area contributed by atoms with E-state index in [0.29, 0.717) is 23.0 Å². The zero-order chi connectivity index (χ0) is 19.3. The van der Waals surface area contributed by atoms with Crippen molar-refractivity contribution >= 4 is 12.0 Å². The Morgan fingerprint density at radius 2 is 2.00 bits per heavy atom. The molecule has 2 aromatic rings. The van der Waals surface area contributed by atoms with Crippen molar-refractivity contribution in [3.8, 4) is 11.5 Å². The van der Waals surface area contributed by atoms with Crippen LogP contribution < -0.4 is 20.6 Å². The van der Waals surface area contributed by atoms with Crippen molar-refractivity contribution in [3.05, 3.63) is 39.9 Å². The second-order valence-corrected chi connectivity index (χ2v) is 7.03. The minimum absolute atomic E-state index is 0.0515. The van der Waals surface area contributed by atoms with Crippen LogP contribution in [0.4, 0.5) is 5.82 Å². The van der Waals surface area contributed by atoms with Crippen molar-refractivity contribution in [2.24, 2.45) is 5.10 Å². The van der Waals surface area contributed by atoms with Crippen LogP contribution in [0, 0.1) is 0 Å². The standard InChI is InChI=1S/C18H25N5O3/c1-11(2)26-13-8-7-12(9-14(13)25-6)10-19-22-16-15(18(3,4)5)21-23-17(24)20-16/h7-11H,1-6H3,(H2,20,22,23,24)/b19-10+. The van der Waals surface area contributed by atoms with E-state index in [0.717, 1.165) is 5.56 Å². The summed E-state index contributed by atoms with van der Waals surface area (Å²) in [4.78, 5) is 15.4. The quantitative estimate of drug-likeness (QED) is 0.607. The van der Waals surface area contributed by atoms with Crippen molar-refractivity contribution in [1.82, 2.24) is 15.2 Å². The van der Waals surface area contributed by atoms with Gasteiger partial charge in [0.25, 0.3) is 0 Å². The average Bonchev–Trinajstić information content (AvgIpc) is 2.54. The molecule has 0 aliphatic heterocycles. The van der Waals surface area contributed by atoms with E-state index in [2.05, 4.69) is 25.7 Å². The summed E-state index contributed by atoms with van der Waals surface area (Å²) in [7, 11) is 1.59. The minimum Gasteiger partial charge on any atom is -0.493 e. The fraction of sp³-hybridized carbons (Fsp3) is 0.444. The summed E-state index contributed by atoms with van der Waals surface area (Å²) in [5.74, 6) is 1.61. The van der Waals surface area contributed by atoms with Crippen molar-refractivity contribution in [2.45, 2.75) is 46.1 Å². The van der Waals surface area contributed by atoms with Gasteiger partial charge in [-0.3, -0.25) is 5.43 Å². The van der Waals surface area contributed by atoms with Gasteiger partial charge in [-0.1, -0.05) is 20.8 Å². The van der Waals surface area contributed by atoms with Gasteiger partial charge in [0.1, 0.15) is 5.69 Å². The lowest BCUT2D eigenvalue weighted by molar-refractivity contribution is 0.230. The maximum atomic E-state index is 11.5. The van der Waals surface area contributed by atoms with E-state index in [1.165, 1.54) is 0 Å². The maximum absolute atomic E-state index is 11.5. The third kappa shape index (κ3) is 5.05. The van der Waals surface area contributed by atoms with E-state index < -0.39 is 5.69 Å². The molecule has 0 unspecified atom stereocenters. The molecule has 0 amide bonds. The largest absolute Gasteiger partial charge is 0.493 e. The molecule has 0 radical (unpaired) electrons. The fourth-order valence-corrected chi connectivity index (χ4v) is 2.22. The lowest BCUT2D eigenvalue weighted by Gasteiger charge is -2.18. The Labute approximate surface area is 152 Å². The number of nitrogens with zero attached hydrogens (tertiary/aromatic N) is 3. The van der Waals surface area contributed by atoms with Gasteiger partial charge in [0, 0.05) is 5.41 Å². The number of H-pyrrole nitrogens is 1. The molecular weight excluding hydrogens is 334 g/mol. The van der Waals surface area contributed by atoms with Crippen molar-refractivity contribution in [2.75, 3.05) is 12.5 Å². The third-order valence-corrected chi connectivity index (χ3v) is 3.35. The normalized spacial score (nSPS) is 11.8. The number of methoxy groups -OCH3 is 1. The number of rotatable bonds is 6. The number of ether oxygens (including phenoxy) is 2. The molecule has 0 saturated heterocycles. The molecule has 2 rings (SSSR count).